The Bertz CT molecular complexity index is 1370. The zero-order valence-electron chi connectivity index (χ0n) is 22.5. The Morgan fingerprint density at radius 1 is 0.875 bits per heavy atom. The zero-order chi connectivity index (χ0) is 29.1. The Kier molecular flexibility index (Phi) is 11.3. The van der Waals surface area contributed by atoms with E-state index in [1.54, 1.807) is 42.5 Å². The number of para-hydroxylation sites is 1. The molecule has 1 atom stereocenters. The molecular weight excluding hydrogens is 530 g/mol. The summed E-state index contributed by atoms with van der Waals surface area (Å²) < 4.78 is 6.00. The predicted octanol–water partition coefficient (Wildman–Crippen LogP) is 7.04. The molecule has 0 saturated heterocycles. The number of carboxylic acids is 2. The SMILES string of the molecule is CCCC[C@H](CC)COc1ccccc1C(=O)CC(=O)Nc1cc(C(=O)O)ccc1Sc1ccccc1C(=O)O. The molecule has 9 heteroatoms. The van der Waals surface area contributed by atoms with Crippen LogP contribution in [0.15, 0.2) is 76.5 Å². The molecular formula is C31H33NO7S. The van der Waals surface area contributed by atoms with Crippen molar-refractivity contribution < 1.29 is 34.1 Å². The Morgan fingerprint density at radius 2 is 1.57 bits per heavy atom. The predicted molar refractivity (Wildman–Crippen MR) is 154 cm³/mol. The van der Waals surface area contributed by atoms with Crippen molar-refractivity contribution in [3.63, 3.8) is 0 Å². The first-order valence-corrected chi connectivity index (χ1v) is 14.0. The monoisotopic (exact) mass is 563 g/mol. The van der Waals surface area contributed by atoms with Crippen molar-refractivity contribution in [1.29, 1.82) is 0 Å². The second kappa shape index (κ2) is 14.9. The summed E-state index contributed by atoms with van der Waals surface area (Å²) in [5.74, 6) is -2.58. The molecule has 0 aliphatic heterocycles. The molecule has 0 saturated carbocycles. The number of ether oxygens (including phenoxy) is 1. The summed E-state index contributed by atoms with van der Waals surface area (Å²) in [5, 5.41) is 21.6. The van der Waals surface area contributed by atoms with Crippen molar-refractivity contribution in [2.24, 2.45) is 5.92 Å². The van der Waals surface area contributed by atoms with Gasteiger partial charge in [-0.15, -0.1) is 0 Å². The van der Waals surface area contributed by atoms with Crippen LogP contribution in [0.1, 0.15) is 77.0 Å². The molecule has 40 heavy (non-hydrogen) atoms. The van der Waals surface area contributed by atoms with Crippen LogP contribution in [0.2, 0.25) is 0 Å². The molecule has 0 radical (unpaired) electrons. The van der Waals surface area contributed by atoms with Crippen molar-refractivity contribution in [1.82, 2.24) is 0 Å². The molecule has 0 fully saturated rings. The summed E-state index contributed by atoms with van der Waals surface area (Å²) in [6.07, 6.45) is 3.72. The van der Waals surface area contributed by atoms with Gasteiger partial charge in [0.2, 0.25) is 5.91 Å². The number of carbonyl (C=O) groups is 4. The number of Topliss-reactive ketones (excluding diaryl/α,β-unsaturated/α-hetero) is 1. The van der Waals surface area contributed by atoms with Crippen LogP contribution in [0, 0.1) is 5.92 Å². The summed E-state index contributed by atoms with van der Waals surface area (Å²) in [6.45, 7) is 4.73. The van der Waals surface area contributed by atoms with Gasteiger partial charge in [-0.05, 0) is 54.8 Å². The summed E-state index contributed by atoms with van der Waals surface area (Å²) in [7, 11) is 0. The zero-order valence-corrected chi connectivity index (χ0v) is 23.3. The normalized spacial score (nSPS) is 11.4. The molecule has 0 unspecified atom stereocenters. The van der Waals surface area contributed by atoms with E-state index >= 15 is 0 Å². The number of carboxylic acid groups (broad SMARTS) is 2. The number of carbonyl (C=O) groups excluding carboxylic acids is 2. The molecule has 3 rings (SSSR count). The van der Waals surface area contributed by atoms with Gasteiger partial charge >= 0.3 is 11.9 Å². The molecule has 0 aliphatic rings. The molecule has 3 aromatic rings. The summed E-state index contributed by atoms with van der Waals surface area (Å²) in [6, 6.07) is 17.3. The average molecular weight is 564 g/mol. The fourth-order valence-corrected chi connectivity index (χ4v) is 5.07. The van der Waals surface area contributed by atoms with Crippen LogP contribution in [0.3, 0.4) is 0 Å². The first-order chi connectivity index (χ1) is 19.2. The molecule has 210 valence electrons. The Hall–Kier alpha value is -4.11. The molecule has 1 amide bonds. The van der Waals surface area contributed by atoms with Gasteiger partial charge in [0.1, 0.15) is 5.75 Å². The smallest absolute Gasteiger partial charge is 0.336 e. The lowest BCUT2D eigenvalue weighted by Gasteiger charge is -2.17. The number of rotatable bonds is 15. The summed E-state index contributed by atoms with van der Waals surface area (Å²) in [5.41, 5.74) is 0.463. The number of ketones is 1. The highest BCUT2D eigenvalue weighted by atomic mass is 32.2. The van der Waals surface area contributed by atoms with E-state index in [9.17, 15) is 29.4 Å². The van der Waals surface area contributed by atoms with Gasteiger partial charge in [-0.1, -0.05) is 69.1 Å². The second-order valence-electron chi connectivity index (χ2n) is 9.29. The highest BCUT2D eigenvalue weighted by Crippen LogP contribution is 2.36. The van der Waals surface area contributed by atoms with Crippen molar-refractivity contribution in [3.8, 4) is 5.75 Å². The maximum absolute atomic E-state index is 13.1. The maximum Gasteiger partial charge on any atom is 0.336 e. The lowest BCUT2D eigenvalue weighted by molar-refractivity contribution is -0.115. The third-order valence-electron chi connectivity index (χ3n) is 6.36. The van der Waals surface area contributed by atoms with E-state index in [4.69, 9.17) is 4.74 Å². The van der Waals surface area contributed by atoms with Crippen LogP contribution >= 0.6 is 11.8 Å². The molecule has 3 aromatic carbocycles. The first-order valence-electron chi connectivity index (χ1n) is 13.2. The lowest BCUT2D eigenvalue weighted by atomic mass is 10.0. The number of benzene rings is 3. The first kappa shape index (κ1) is 30.4. The maximum atomic E-state index is 13.1. The summed E-state index contributed by atoms with van der Waals surface area (Å²) in [4.78, 5) is 50.2. The van der Waals surface area contributed by atoms with Crippen molar-refractivity contribution in [3.05, 3.63) is 83.4 Å². The number of unbranched alkanes of at least 4 members (excludes halogenated alkanes) is 1. The van der Waals surface area contributed by atoms with Crippen LogP contribution in [0.25, 0.3) is 0 Å². The van der Waals surface area contributed by atoms with E-state index in [1.165, 1.54) is 24.3 Å². The highest BCUT2D eigenvalue weighted by molar-refractivity contribution is 7.99. The number of nitrogens with one attached hydrogen (secondary N) is 1. The van der Waals surface area contributed by atoms with Crippen LogP contribution in [0.5, 0.6) is 5.75 Å². The number of hydrogen-bond donors (Lipinski definition) is 3. The Balaban J connectivity index is 1.78. The van der Waals surface area contributed by atoms with Crippen LogP contribution in [0.4, 0.5) is 5.69 Å². The van der Waals surface area contributed by atoms with Crippen LogP contribution in [-0.4, -0.2) is 40.4 Å². The molecule has 0 aromatic heterocycles. The van der Waals surface area contributed by atoms with E-state index in [0.717, 1.165) is 37.4 Å². The number of amides is 1. The third-order valence-corrected chi connectivity index (χ3v) is 7.52. The molecule has 0 heterocycles. The van der Waals surface area contributed by atoms with Gasteiger partial charge in [-0.2, -0.15) is 0 Å². The van der Waals surface area contributed by atoms with Crippen molar-refractivity contribution in [2.45, 2.75) is 55.7 Å². The molecule has 8 nitrogen and oxygen atoms in total. The van der Waals surface area contributed by atoms with Crippen molar-refractivity contribution >= 4 is 41.1 Å². The molecule has 0 spiro atoms. The third kappa shape index (κ3) is 8.44. The van der Waals surface area contributed by atoms with E-state index in [0.29, 0.717) is 33.6 Å². The van der Waals surface area contributed by atoms with Crippen molar-refractivity contribution in [2.75, 3.05) is 11.9 Å². The van der Waals surface area contributed by atoms with Gasteiger partial charge in [0, 0.05) is 9.79 Å². The minimum atomic E-state index is -1.19. The largest absolute Gasteiger partial charge is 0.493 e. The second-order valence-corrected chi connectivity index (χ2v) is 10.4. The van der Waals surface area contributed by atoms with Gasteiger partial charge in [0.25, 0.3) is 0 Å². The van der Waals surface area contributed by atoms with E-state index in [1.807, 2.05) is 0 Å². The average Bonchev–Trinajstić information content (AvgIpc) is 2.94. The lowest BCUT2D eigenvalue weighted by Crippen LogP contribution is -2.18. The number of hydrogen-bond acceptors (Lipinski definition) is 6. The fourth-order valence-electron chi connectivity index (χ4n) is 4.06. The highest BCUT2D eigenvalue weighted by Gasteiger charge is 2.20. The van der Waals surface area contributed by atoms with Gasteiger partial charge in [-0.25, -0.2) is 9.59 Å². The molecule has 0 aliphatic carbocycles. The number of aromatic carboxylic acids is 2. The Labute approximate surface area is 237 Å². The Morgan fingerprint density at radius 3 is 2.25 bits per heavy atom. The van der Waals surface area contributed by atoms with E-state index in [-0.39, 0.29) is 16.8 Å². The van der Waals surface area contributed by atoms with E-state index in [2.05, 4.69) is 19.2 Å². The standard InChI is InChI=1S/C31H33NO7S/c1-3-5-10-20(4-2)19-39-26-13-8-6-11-22(26)25(33)18-29(34)32-24-17-21(30(35)36)15-16-28(24)40-27-14-9-7-12-23(27)31(37)38/h6-9,11-17,20H,3-5,10,18-19H2,1-2H3,(H,32,34)(H,35,36)(H,37,38)/t20-/m0/s1. The molecule has 0 bridgehead atoms. The topological polar surface area (TPSA) is 130 Å². The fraction of sp³-hybridized carbons (Fsp3) is 0.290. The van der Waals surface area contributed by atoms with Gasteiger partial charge in [0.15, 0.2) is 5.78 Å². The molecule has 3 N–H and O–H groups in total. The minimum Gasteiger partial charge on any atom is -0.493 e. The minimum absolute atomic E-state index is 0.0650. The van der Waals surface area contributed by atoms with Gasteiger partial charge < -0.3 is 20.3 Å². The van der Waals surface area contributed by atoms with Crippen LogP contribution in [-0.2, 0) is 4.79 Å². The number of anilines is 1. The van der Waals surface area contributed by atoms with Crippen LogP contribution < -0.4 is 10.1 Å². The summed E-state index contributed by atoms with van der Waals surface area (Å²) >= 11 is 1.07. The van der Waals surface area contributed by atoms with Gasteiger partial charge in [-0.3, -0.25) is 9.59 Å². The van der Waals surface area contributed by atoms with Gasteiger partial charge in [0.05, 0.1) is 35.4 Å². The quantitative estimate of drug-likeness (QED) is 0.133. The van der Waals surface area contributed by atoms with E-state index < -0.39 is 30.0 Å².